The highest BCUT2D eigenvalue weighted by Crippen LogP contribution is 2.10. The van der Waals surface area contributed by atoms with Crippen LogP contribution in [-0.4, -0.2) is 24.1 Å². The zero-order chi connectivity index (χ0) is 11.1. The van der Waals surface area contributed by atoms with E-state index in [9.17, 15) is 9.90 Å². The first-order valence-corrected chi connectivity index (χ1v) is 4.97. The van der Waals surface area contributed by atoms with Gasteiger partial charge in [-0.25, -0.2) is 0 Å². The Morgan fingerprint density at radius 3 is 2.93 bits per heavy atom. The number of amides is 1. The molecule has 1 aromatic rings. The van der Waals surface area contributed by atoms with Crippen molar-refractivity contribution >= 4 is 5.91 Å². The Bertz CT molecular complexity index is 326. The van der Waals surface area contributed by atoms with Gasteiger partial charge in [-0.2, -0.15) is 0 Å². The van der Waals surface area contributed by atoms with E-state index in [-0.39, 0.29) is 11.7 Å². The van der Waals surface area contributed by atoms with Gasteiger partial charge in [0.2, 0.25) is 5.91 Å². The number of phenolic OH excluding ortho intramolecular Hbond substituents is 1. The Labute approximate surface area is 89.1 Å². The van der Waals surface area contributed by atoms with Crippen molar-refractivity contribution in [2.24, 2.45) is 5.73 Å². The maximum Gasteiger partial charge on any atom is 0.224 e. The Kier molecular flexibility index (Phi) is 4.63. The van der Waals surface area contributed by atoms with Crippen LogP contribution in [0.3, 0.4) is 0 Å². The lowest BCUT2D eigenvalue weighted by atomic mass is 10.1. The fourth-order valence-corrected chi connectivity index (χ4v) is 1.24. The molecule has 0 aliphatic carbocycles. The molecular weight excluding hydrogens is 192 g/mol. The van der Waals surface area contributed by atoms with E-state index in [1.54, 1.807) is 18.2 Å². The normalized spacial score (nSPS) is 9.93. The maximum atomic E-state index is 11.4. The summed E-state index contributed by atoms with van der Waals surface area (Å²) in [5.74, 6) is 0.135. The van der Waals surface area contributed by atoms with Crippen LogP contribution in [-0.2, 0) is 11.2 Å². The lowest BCUT2D eigenvalue weighted by Crippen LogP contribution is -2.27. The van der Waals surface area contributed by atoms with E-state index in [2.05, 4.69) is 5.32 Å². The number of phenols is 1. The fourth-order valence-electron chi connectivity index (χ4n) is 1.24. The number of nitrogens with two attached hydrogens (primary N) is 1. The minimum absolute atomic E-state index is 0.0472. The predicted molar refractivity (Wildman–Crippen MR) is 58.5 cm³/mol. The molecule has 1 amide bonds. The predicted octanol–water partition coefficient (Wildman–Crippen LogP) is 0.400. The number of benzene rings is 1. The molecule has 0 radical (unpaired) electrons. The quantitative estimate of drug-likeness (QED) is 0.613. The highest BCUT2D eigenvalue weighted by molar-refractivity contribution is 5.78. The number of rotatable bonds is 5. The maximum absolute atomic E-state index is 11.4. The van der Waals surface area contributed by atoms with Gasteiger partial charge in [0.1, 0.15) is 5.75 Å². The van der Waals surface area contributed by atoms with E-state index in [1.165, 1.54) is 0 Å². The van der Waals surface area contributed by atoms with Crippen molar-refractivity contribution in [2.45, 2.75) is 12.8 Å². The van der Waals surface area contributed by atoms with Gasteiger partial charge in [0.25, 0.3) is 0 Å². The smallest absolute Gasteiger partial charge is 0.224 e. The molecule has 15 heavy (non-hydrogen) atoms. The average Bonchev–Trinajstić information content (AvgIpc) is 2.18. The van der Waals surface area contributed by atoms with Crippen LogP contribution in [0.25, 0.3) is 0 Å². The second-order valence-corrected chi connectivity index (χ2v) is 3.34. The van der Waals surface area contributed by atoms with Crippen molar-refractivity contribution in [3.05, 3.63) is 29.8 Å². The minimum atomic E-state index is -0.0472. The third-order valence-electron chi connectivity index (χ3n) is 1.98. The van der Waals surface area contributed by atoms with E-state index in [0.717, 1.165) is 12.0 Å². The van der Waals surface area contributed by atoms with Crippen molar-refractivity contribution in [2.75, 3.05) is 13.1 Å². The van der Waals surface area contributed by atoms with Gasteiger partial charge in [0, 0.05) is 6.54 Å². The molecule has 1 rings (SSSR count). The number of carbonyl (C=O) groups excluding carboxylic acids is 1. The Hall–Kier alpha value is -1.55. The lowest BCUT2D eigenvalue weighted by Gasteiger charge is -2.04. The van der Waals surface area contributed by atoms with Gasteiger partial charge in [-0.3, -0.25) is 4.79 Å². The monoisotopic (exact) mass is 208 g/mol. The summed E-state index contributed by atoms with van der Waals surface area (Å²) in [5, 5.41) is 11.9. The average molecular weight is 208 g/mol. The molecule has 0 atom stereocenters. The molecule has 1 aromatic carbocycles. The molecular formula is C11H16N2O2. The first kappa shape index (κ1) is 11.5. The summed E-state index contributed by atoms with van der Waals surface area (Å²) >= 11 is 0. The van der Waals surface area contributed by atoms with Crippen LogP contribution in [0.4, 0.5) is 0 Å². The van der Waals surface area contributed by atoms with E-state index >= 15 is 0 Å². The van der Waals surface area contributed by atoms with Gasteiger partial charge >= 0.3 is 0 Å². The summed E-state index contributed by atoms with van der Waals surface area (Å²) in [7, 11) is 0. The van der Waals surface area contributed by atoms with Crippen molar-refractivity contribution in [1.29, 1.82) is 0 Å². The standard InChI is InChI=1S/C11H16N2O2/c12-5-2-6-13-11(15)8-9-3-1-4-10(14)7-9/h1,3-4,7,14H,2,5-6,8,12H2,(H,13,15). The summed E-state index contributed by atoms with van der Waals surface area (Å²) in [6, 6.07) is 6.69. The minimum Gasteiger partial charge on any atom is -0.508 e. The van der Waals surface area contributed by atoms with Gasteiger partial charge < -0.3 is 16.2 Å². The van der Waals surface area contributed by atoms with Crippen molar-refractivity contribution in [3.63, 3.8) is 0 Å². The van der Waals surface area contributed by atoms with Gasteiger partial charge in [0.05, 0.1) is 6.42 Å². The third kappa shape index (κ3) is 4.46. The molecule has 0 aliphatic heterocycles. The van der Waals surface area contributed by atoms with Crippen LogP contribution in [0.1, 0.15) is 12.0 Å². The number of hydrogen-bond acceptors (Lipinski definition) is 3. The van der Waals surface area contributed by atoms with Crippen LogP contribution in [0, 0.1) is 0 Å². The second kappa shape index (κ2) is 6.03. The number of aromatic hydroxyl groups is 1. The largest absolute Gasteiger partial charge is 0.508 e. The number of hydrogen-bond donors (Lipinski definition) is 3. The van der Waals surface area contributed by atoms with Gasteiger partial charge in [0.15, 0.2) is 0 Å². The molecule has 0 fully saturated rings. The van der Waals surface area contributed by atoms with Crippen LogP contribution in [0.2, 0.25) is 0 Å². The van der Waals surface area contributed by atoms with Gasteiger partial charge in [-0.1, -0.05) is 12.1 Å². The van der Waals surface area contributed by atoms with Crippen LogP contribution in [0.5, 0.6) is 5.75 Å². The number of carbonyl (C=O) groups is 1. The molecule has 0 heterocycles. The Morgan fingerprint density at radius 1 is 1.47 bits per heavy atom. The third-order valence-corrected chi connectivity index (χ3v) is 1.98. The molecule has 0 saturated carbocycles. The molecule has 0 saturated heterocycles. The SMILES string of the molecule is NCCCNC(=O)Cc1cccc(O)c1. The summed E-state index contributed by atoms with van der Waals surface area (Å²) in [6.07, 6.45) is 1.07. The van der Waals surface area contributed by atoms with E-state index in [0.29, 0.717) is 19.5 Å². The first-order valence-electron chi connectivity index (χ1n) is 4.97. The Morgan fingerprint density at radius 2 is 2.27 bits per heavy atom. The zero-order valence-electron chi connectivity index (χ0n) is 8.57. The molecule has 0 aliphatic rings. The van der Waals surface area contributed by atoms with Crippen molar-refractivity contribution in [1.82, 2.24) is 5.32 Å². The molecule has 0 unspecified atom stereocenters. The summed E-state index contributed by atoms with van der Waals surface area (Å²) in [4.78, 5) is 11.4. The van der Waals surface area contributed by atoms with Gasteiger partial charge in [-0.05, 0) is 30.7 Å². The zero-order valence-corrected chi connectivity index (χ0v) is 8.57. The highest BCUT2D eigenvalue weighted by Gasteiger charge is 2.02. The number of nitrogens with one attached hydrogen (secondary N) is 1. The molecule has 0 aromatic heterocycles. The van der Waals surface area contributed by atoms with Crippen LogP contribution in [0.15, 0.2) is 24.3 Å². The molecule has 0 bridgehead atoms. The molecule has 4 N–H and O–H groups in total. The molecule has 0 spiro atoms. The summed E-state index contributed by atoms with van der Waals surface area (Å²) in [6.45, 7) is 1.18. The van der Waals surface area contributed by atoms with Crippen LogP contribution < -0.4 is 11.1 Å². The first-order chi connectivity index (χ1) is 7.22. The van der Waals surface area contributed by atoms with Crippen LogP contribution >= 0.6 is 0 Å². The molecule has 82 valence electrons. The van der Waals surface area contributed by atoms with E-state index < -0.39 is 0 Å². The van der Waals surface area contributed by atoms with Crippen molar-refractivity contribution < 1.29 is 9.90 Å². The van der Waals surface area contributed by atoms with Gasteiger partial charge in [-0.15, -0.1) is 0 Å². The molecule has 4 nitrogen and oxygen atoms in total. The Balaban J connectivity index is 2.37. The fraction of sp³-hybridized carbons (Fsp3) is 0.364. The second-order valence-electron chi connectivity index (χ2n) is 3.34. The van der Waals surface area contributed by atoms with Crippen molar-refractivity contribution in [3.8, 4) is 5.75 Å². The summed E-state index contributed by atoms with van der Waals surface area (Å²) < 4.78 is 0. The van der Waals surface area contributed by atoms with E-state index in [1.807, 2.05) is 6.07 Å². The summed E-state index contributed by atoms with van der Waals surface area (Å²) in [5.41, 5.74) is 6.11. The highest BCUT2D eigenvalue weighted by atomic mass is 16.3. The lowest BCUT2D eigenvalue weighted by molar-refractivity contribution is -0.120. The van der Waals surface area contributed by atoms with E-state index in [4.69, 9.17) is 5.73 Å². The molecule has 4 heteroatoms. The topological polar surface area (TPSA) is 75.3 Å².